The molecule has 0 amide bonds. The van der Waals surface area contributed by atoms with E-state index in [-0.39, 0.29) is 35.1 Å². The smallest absolute Gasteiger partial charge is 0.191 e. The molecule has 1 aliphatic heterocycles. The minimum absolute atomic E-state index is 0. The van der Waals surface area contributed by atoms with Crippen molar-refractivity contribution in [2.24, 2.45) is 4.99 Å². The minimum Gasteiger partial charge on any atom is -0.379 e. The molecule has 0 radical (unpaired) electrons. The Balaban J connectivity index is 0.00000529. The van der Waals surface area contributed by atoms with Crippen LogP contribution in [-0.4, -0.2) is 74.4 Å². The maximum atomic E-state index is 5.44. The topological polar surface area (TPSA) is 60.9 Å². The summed E-state index contributed by atoms with van der Waals surface area (Å²) >= 11 is 0. The van der Waals surface area contributed by atoms with Gasteiger partial charge in [-0.25, -0.2) is 0 Å². The van der Waals surface area contributed by atoms with Gasteiger partial charge in [0.2, 0.25) is 0 Å². The van der Waals surface area contributed by atoms with Gasteiger partial charge >= 0.3 is 0 Å². The molecular weight excluding hydrogens is 417 g/mol. The largest absolute Gasteiger partial charge is 0.379 e. The van der Waals surface area contributed by atoms with Gasteiger partial charge in [0.05, 0.1) is 19.8 Å². The highest BCUT2D eigenvalue weighted by Gasteiger charge is 2.28. The number of ether oxygens (including phenoxy) is 1. The molecule has 1 aliphatic rings. The summed E-state index contributed by atoms with van der Waals surface area (Å²) in [4.78, 5) is 7.24. The van der Waals surface area contributed by atoms with Gasteiger partial charge in [-0.3, -0.25) is 9.89 Å². The van der Waals surface area contributed by atoms with Crippen molar-refractivity contribution in [1.29, 1.82) is 0 Å². The summed E-state index contributed by atoms with van der Waals surface area (Å²) < 4.78 is 5.44. The van der Waals surface area contributed by atoms with Gasteiger partial charge in [-0.15, -0.1) is 24.0 Å². The Morgan fingerprint density at radius 3 is 2.21 bits per heavy atom. The van der Waals surface area contributed by atoms with E-state index in [2.05, 4.69) is 62.4 Å². The number of nitrogens with one attached hydrogen (secondary N) is 3. The van der Waals surface area contributed by atoms with E-state index in [9.17, 15) is 0 Å². The Kier molecular flexibility index (Phi) is 11.4. The van der Waals surface area contributed by atoms with E-state index in [1.54, 1.807) is 0 Å². The average molecular weight is 455 g/mol. The second-order valence-corrected chi connectivity index (χ2v) is 7.71. The van der Waals surface area contributed by atoms with Crippen molar-refractivity contribution in [2.75, 3.05) is 52.5 Å². The number of halogens is 1. The van der Waals surface area contributed by atoms with Gasteiger partial charge in [0.25, 0.3) is 0 Å². The van der Waals surface area contributed by atoms with Crippen molar-refractivity contribution in [1.82, 2.24) is 20.9 Å². The van der Waals surface area contributed by atoms with Gasteiger partial charge in [0, 0.05) is 43.8 Å². The van der Waals surface area contributed by atoms with Crippen LogP contribution in [0.5, 0.6) is 0 Å². The summed E-state index contributed by atoms with van der Waals surface area (Å²) in [5.74, 6) is 0.893. The summed E-state index contributed by atoms with van der Waals surface area (Å²) in [6.07, 6.45) is 0. The van der Waals surface area contributed by atoms with E-state index in [4.69, 9.17) is 9.73 Å². The molecule has 0 bridgehead atoms. The molecule has 0 aliphatic carbocycles. The number of rotatable bonds is 7. The monoisotopic (exact) mass is 455 g/mol. The van der Waals surface area contributed by atoms with Crippen molar-refractivity contribution in [3.8, 4) is 0 Å². The summed E-state index contributed by atoms with van der Waals surface area (Å²) in [5, 5.41) is 10.2. The molecule has 3 N–H and O–H groups in total. The Morgan fingerprint density at radius 2 is 1.67 bits per heavy atom. The molecule has 1 fully saturated rings. The molecule has 144 valence electrons. The van der Waals surface area contributed by atoms with Crippen LogP contribution in [0.2, 0.25) is 0 Å². The zero-order valence-electron chi connectivity index (χ0n) is 16.4. The van der Waals surface area contributed by atoms with Gasteiger partial charge in [0.15, 0.2) is 5.96 Å². The van der Waals surface area contributed by atoms with E-state index in [0.29, 0.717) is 0 Å². The van der Waals surface area contributed by atoms with Crippen molar-refractivity contribution in [3.05, 3.63) is 0 Å². The van der Waals surface area contributed by atoms with Crippen LogP contribution in [-0.2, 0) is 4.74 Å². The molecule has 0 aromatic carbocycles. The molecule has 0 spiro atoms. The standard InChI is InChI=1S/C17H37N5O.HI/c1-7-18-15(19-8-9-21-16(2,3)4)20-14-17(5,6)22-10-12-23-13-11-22;/h21H,7-14H2,1-6H3,(H2,18,19,20);1H. The molecule has 1 heterocycles. The zero-order chi connectivity index (χ0) is 17.3. The fraction of sp³-hybridized carbons (Fsp3) is 0.941. The van der Waals surface area contributed by atoms with Crippen LogP contribution in [0.15, 0.2) is 4.99 Å². The van der Waals surface area contributed by atoms with Gasteiger partial charge in [-0.2, -0.15) is 0 Å². The van der Waals surface area contributed by atoms with E-state index < -0.39 is 0 Å². The molecule has 0 aromatic rings. The summed E-state index contributed by atoms with van der Waals surface area (Å²) in [6.45, 7) is 20.2. The normalized spacial score (nSPS) is 17.3. The van der Waals surface area contributed by atoms with Crippen molar-refractivity contribution < 1.29 is 4.74 Å². The van der Waals surface area contributed by atoms with Crippen molar-refractivity contribution >= 4 is 29.9 Å². The number of nitrogens with zero attached hydrogens (tertiary/aromatic N) is 2. The Hall–Kier alpha value is -0.120. The molecule has 0 aromatic heterocycles. The number of morpholine rings is 1. The van der Waals surface area contributed by atoms with Crippen molar-refractivity contribution in [2.45, 2.75) is 52.6 Å². The Morgan fingerprint density at radius 1 is 1.04 bits per heavy atom. The fourth-order valence-electron chi connectivity index (χ4n) is 2.50. The molecule has 7 heteroatoms. The first kappa shape index (κ1) is 23.9. The molecule has 1 rings (SSSR count). The third-order valence-electron chi connectivity index (χ3n) is 3.91. The van der Waals surface area contributed by atoms with E-state index >= 15 is 0 Å². The Labute approximate surface area is 165 Å². The van der Waals surface area contributed by atoms with Gasteiger partial charge in [-0.05, 0) is 41.5 Å². The lowest BCUT2D eigenvalue weighted by Crippen LogP contribution is -2.52. The number of hydrogen-bond acceptors (Lipinski definition) is 4. The SMILES string of the molecule is CCNC(=NCC(C)(C)N1CCOCC1)NCCNC(C)(C)C.I. The summed E-state index contributed by atoms with van der Waals surface area (Å²) in [7, 11) is 0. The predicted octanol–water partition coefficient (Wildman–Crippen LogP) is 1.66. The molecule has 0 atom stereocenters. The highest BCUT2D eigenvalue weighted by molar-refractivity contribution is 14.0. The highest BCUT2D eigenvalue weighted by atomic mass is 127. The molecule has 1 saturated heterocycles. The second kappa shape index (κ2) is 11.5. The van der Waals surface area contributed by atoms with Crippen LogP contribution in [0.4, 0.5) is 0 Å². The number of guanidine groups is 1. The minimum atomic E-state index is 0. The molecule has 6 nitrogen and oxygen atoms in total. The summed E-state index contributed by atoms with van der Waals surface area (Å²) in [6, 6.07) is 0. The van der Waals surface area contributed by atoms with Crippen LogP contribution in [0.25, 0.3) is 0 Å². The van der Waals surface area contributed by atoms with Crippen LogP contribution in [0.1, 0.15) is 41.5 Å². The first-order valence-electron chi connectivity index (χ1n) is 8.84. The number of aliphatic imine (C=N–C) groups is 1. The molecule has 0 unspecified atom stereocenters. The van der Waals surface area contributed by atoms with E-state index in [1.807, 2.05) is 0 Å². The lowest BCUT2D eigenvalue weighted by Gasteiger charge is -2.39. The lowest BCUT2D eigenvalue weighted by molar-refractivity contribution is -0.00683. The lowest BCUT2D eigenvalue weighted by atomic mass is 10.0. The molecule has 24 heavy (non-hydrogen) atoms. The van der Waals surface area contributed by atoms with E-state index in [1.165, 1.54) is 0 Å². The van der Waals surface area contributed by atoms with Gasteiger partial charge in [0.1, 0.15) is 0 Å². The van der Waals surface area contributed by atoms with E-state index in [0.717, 1.165) is 58.4 Å². The Bertz CT molecular complexity index is 362. The third kappa shape index (κ3) is 10.0. The van der Waals surface area contributed by atoms with Crippen LogP contribution >= 0.6 is 24.0 Å². The predicted molar refractivity (Wildman–Crippen MR) is 114 cm³/mol. The average Bonchev–Trinajstić information content (AvgIpc) is 2.49. The number of hydrogen-bond donors (Lipinski definition) is 3. The first-order chi connectivity index (χ1) is 10.7. The maximum Gasteiger partial charge on any atom is 0.191 e. The first-order valence-corrected chi connectivity index (χ1v) is 8.84. The maximum absolute atomic E-state index is 5.44. The fourth-order valence-corrected chi connectivity index (χ4v) is 2.50. The van der Waals surface area contributed by atoms with Gasteiger partial charge in [-0.1, -0.05) is 0 Å². The summed E-state index contributed by atoms with van der Waals surface area (Å²) in [5.41, 5.74) is 0.200. The highest BCUT2D eigenvalue weighted by Crippen LogP contribution is 2.16. The third-order valence-corrected chi connectivity index (χ3v) is 3.91. The van der Waals surface area contributed by atoms with Crippen molar-refractivity contribution in [3.63, 3.8) is 0 Å². The second-order valence-electron chi connectivity index (χ2n) is 7.71. The van der Waals surface area contributed by atoms with Gasteiger partial charge < -0.3 is 20.7 Å². The van der Waals surface area contributed by atoms with Crippen LogP contribution in [0, 0.1) is 0 Å². The zero-order valence-corrected chi connectivity index (χ0v) is 18.7. The quantitative estimate of drug-likeness (QED) is 0.236. The molecular formula is C17H38IN5O. The van der Waals surface area contributed by atoms with Crippen LogP contribution < -0.4 is 16.0 Å². The molecule has 0 saturated carbocycles. The van der Waals surface area contributed by atoms with Crippen LogP contribution in [0.3, 0.4) is 0 Å².